The average molecular weight is 517 g/mol. The van der Waals surface area contributed by atoms with Crippen LogP contribution in [-0.2, 0) is 30.5 Å². The number of ketones is 1. The second kappa shape index (κ2) is 14.3. The van der Waals surface area contributed by atoms with E-state index >= 15 is 0 Å². The number of nitrogens with zero attached hydrogens (tertiary/aromatic N) is 1. The minimum atomic E-state index is -0.894. The van der Waals surface area contributed by atoms with Gasteiger partial charge >= 0.3 is 6.09 Å². The minimum Gasteiger partial charge on any atom is -0.445 e. The van der Waals surface area contributed by atoms with Crippen LogP contribution in [0.15, 0.2) is 30.3 Å². The van der Waals surface area contributed by atoms with Gasteiger partial charge in [0.25, 0.3) is 0 Å². The zero-order chi connectivity index (χ0) is 27.5. The summed E-state index contributed by atoms with van der Waals surface area (Å²) in [5, 5.41) is 8.00. The molecular formula is C27H40N4O6. The first kappa shape index (κ1) is 29.8. The summed E-state index contributed by atoms with van der Waals surface area (Å²) in [6, 6.07) is 7.42. The monoisotopic (exact) mass is 516 g/mol. The van der Waals surface area contributed by atoms with E-state index in [0.29, 0.717) is 12.8 Å². The van der Waals surface area contributed by atoms with Gasteiger partial charge in [-0.3, -0.25) is 19.2 Å². The Balaban J connectivity index is 1.98. The van der Waals surface area contributed by atoms with E-state index in [1.165, 1.54) is 11.8 Å². The maximum atomic E-state index is 13.1. The second-order valence-electron chi connectivity index (χ2n) is 10.4. The molecule has 3 atom stereocenters. The number of hydrogen-bond acceptors (Lipinski definition) is 6. The third-order valence-electron chi connectivity index (χ3n) is 6.00. The number of hydrogen-bond donors (Lipinski definition) is 3. The predicted octanol–water partition coefficient (Wildman–Crippen LogP) is 2.02. The number of amides is 4. The van der Waals surface area contributed by atoms with E-state index in [1.807, 2.05) is 58.0 Å². The van der Waals surface area contributed by atoms with Crippen LogP contribution in [-0.4, -0.2) is 66.2 Å². The number of nitrogens with one attached hydrogen (secondary N) is 3. The Labute approximate surface area is 218 Å². The molecule has 0 saturated carbocycles. The maximum absolute atomic E-state index is 13.1. The van der Waals surface area contributed by atoms with E-state index in [4.69, 9.17) is 4.74 Å². The Morgan fingerprint density at radius 3 is 2.27 bits per heavy atom. The number of alkyl carbamates (subject to hydrolysis) is 1. The molecule has 10 nitrogen and oxygen atoms in total. The van der Waals surface area contributed by atoms with E-state index in [9.17, 15) is 24.0 Å². The Morgan fingerprint density at radius 2 is 1.68 bits per heavy atom. The molecule has 4 amide bonds. The molecule has 0 bridgehead atoms. The van der Waals surface area contributed by atoms with Gasteiger partial charge in [0, 0.05) is 20.0 Å². The smallest absolute Gasteiger partial charge is 0.408 e. The van der Waals surface area contributed by atoms with Crippen LogP contribution >= 0.6 is 0 Å². The van der Waals surface area contributed by atoms with Crippen molar-refractivity contribution in [2.75, 3.05) is 19.6 Å². The number of carbonyl (C=O) groups is 5. The second-order valence-corrected chi connectivity index (χ2v) is 10.4. The Morgan fingerprint density at radius 1 is 1.03 bits per heavy atom. The molecule has 1 saturated heterocycles. The van der Waals surface area contributed by atoms with Gasteiger partial charge in [-0.25, -0.2) is 4.79 Å². The number of likely N-dealkylation sites (tertiary alicyclic amines) is 1. The summed E-state index contributed by atoms with van der Waals surface area (Å²) in [5.41, 5.74) is 0.818. The zero-order valence-electron chi connectivity index (χ0n) is 22.4. The molecule has 1 aliphatic rings. The Hall–Kier alpha value is -3.43. The molecule has 0 aromatic heterocycles. The van der Waals surface area contributed by atoms with E-state index in [2.05, 4.69) is 16.0 Å². The highest BCUT2D eigenvalue weighted by Crippen LogP contribution is 2.18. The zero-order valence-corrected chi connectivity index (χ0v) is 22.4. The van der Waals surface area contributed by atoms with Gasteiger partial charge in [-0.05, 0) is 30.2 Å². The Kier molecular flexibility index (Phi) is 11.6. The van der Waals surface area contributed by atoms with E-state index in [1.54, 1.807) is 0 Å². The molecular weight excluding hydrogens is 476 g/mol. The quantitative estimate of drug-likeness (QED) is 0.389. The summed E-state index contributed by atoms with van der Waals surface area (Å²) in [4.78, 5) is 64.0. The van der Waals surface area contributed by atoms with Crippen molar-refractivity contribution < 1.29 is 28.7 Å². The molecule has 37 heavy (non-hydrogen) atoms. The Bertz CT molecular complexity index is 949. The van der Waals surface area contributed by atoms with Gasteiger partial charge in [0.1, 0.15) is 18.7 Å². The highest BCUT2D eigenvalue weighted by atomic mass is 16.5. The lowest BCUT2D eigenvalue weighted by Crippen LogP contribution is -2.52. The van der Waals surface area contributed by atoms with Gasteiger partial charge in [0.2, 0.25) is 17.7 Å². The number of rotatable bonds is 12. The molecule has 1 aliphatic heterocycles. The molecule has 3 N–H and O–H groups in total. The summed E-state index contributed by atoms with van der Waals surface area (Å²) in [7, 11) is 0. The van der Waals surface area contributed by atoms with Gasteiger partial charge in [-0.2, -0.15) is 0 Å². The molecule has 0 spiro atoms. The summed E-state index contributed by atoms with van der Waals surface area (Å²) in [6.45, 7) is 9.39. The van der Waals surface area contributed by atoms with Crippen molar-refractivity contribution in [3.63, 3.8) is 0 Å². The van der Waals surface area contributed by atoms with Crippen molar-refractivity contribution in [1.29, 1.82) is 0 Å². The van der Waals surface area contributed by atoms with Crippen LogP contribution in [0.4, 0.5) is 4.79 Å². The van der Waals surface area contributed by atoms with Gasteiger partial charge in [0.15, 0.2) is 5.78 Å². The number of benzene rings is 1. The molecule has 204 valence electrons. The molecule has 10 heteroatoms. The lowest BCUT2D eigenvalue weighted by Gasteiger charge is -2.25. The van der Waals surface area contributed by atoms with E-state index < -0.39 is 30.0 Å². The van der Waals surface area contributed by atoms with Gasteiger partial charge in [0.05, 0.1) is 12.5 Å². The number of carbonyl (C=O) groups excluding carboxylic acids is 5. The first-order valence-corrected chi connectivity index (χ1v) is 12.8. The topological polar surface area (TPSA) is 134 Å². The van der Waals surface area contributed by atoms with Crippen LogP contribution in [0.5, 0.6) is 0 Å². The van der Waals surface area contributed by atoms with Crippen molar-refractivity contribution in [2.45, 2.75) is 66.2 Å². The summed E-state index contributed by atoms with van der Waals surface area (Å²) >= 11 is 0. The van der Waals surface area contributed by atoms with Crippen molar-refractivity contribution >= 4 is 29.6 Å². The fourth-order valence-electron chi connectivity index (χ4n) is 4.23. The van der Waals surface area contributed by atoms with Crippen molar-refractivity contribution in [3.8, 4) is 0 Å². The predicted molar refractivity (Wildman–Crippen MR) is 138 cm³/mol. The van der Waals surface area contributed by atoms with E-state index in [-0.39, 0.29) is 55.7 Å². The lowest BCUT2D eigenvalue weighted by atomic mass is 9.95. The van der Waals surface area contributed by atoms with Crippen LogP contribution in [0.2, 0.25) is 0 Å². The largest absolute Gasteiger partial charge is 0.445 e. The molecule has 1 fully saturated rings. The van der Waals surface area contributed by atoms with Crippen molar-refractivity contribution in [3.05, 3.63) is 35.9 Å². The SMILES string of the molecule is CC(=O)NC[C@H](CC(C)C)C(=O)N1CC(=O)C(NC(=O)[C@H](CC(C)C)NC(=O)OCc2ccccc2)C1. The van der Waals surface area contributed by atoms with Crippen molar-refractivity contribution in [2.24, 2.45) is 17.8 Å². The third-order valence-corrected chi connectivity index (χ3v) is 6.00. The summed E-state index contributed by atoms with van der Waals surface area (Å²) in [6.07, 6.45) is 0.184. The fraction of sp³-hybridized carbons (Fsp3) is 0.593. The van der Waals surface area contributed by atoms with Crippen LogP contribution in [0.3, 0.4) is 0 Å². The molecule has 1 unspecified atom stereocenters. The van der Waals surface area contributed by atoms with Gasteiger partial charge in [-0.15, -0.1) is 0 Å². The average Bonchev–Trinajstić information content (AvgIpc) is 3.19. The van der Waals surface area contributed by atoms with Gasteiger partial charge in [-0.1, -0.05) is 58.0 Å². The highest BCUT2D eigenvalue weighted by molar-refractivity contribution is 5.97. The summed E-state index contributed by atoms with van der Waals surface area (Å²) < 4.78 is 5.25. The molecule has 1 aromatic rings. The molecule has 1 aromatic carbocycles. The highest BCUT2D eigenvalue weighted by Gasteiger charge is 2.38. The number of ether oxygens (including phenoxy) is 1. The third kappa shape index (κ3) is 10.2. The van der Waals surface area contributed by atoms with Crippen LogP contribution in [0, 0.1) is 17.8 Å². The van der Waals surface area contributed by atoms with Crippen LogP contribution < -0.4 is 16.0 Å². The number of Topliss-reactive ketones (excluding diaryl/α,β-unsaturated/α-hetero) is 1. The molecule has 0 aliphatic carbocycles. The molecule has 0 radical (unpaired) electrons. The van der Waals surface area contributed by atoms with E-state index in [0.717, 1.165) is 5.56 Å². The molecule has 2 rings (SSSR count). The normalized spacial score (nSPS) is 16.9. The standard InChI is InChI=1S/C27H40N4O6/c1-17(2)11-21(13-28-19(5)32)26(35)31-14-23(24(33)15-31)29-25(34)22(12-18(3)4)30-27(36)37-16-20-9-7-6-8-10-20/h6-10,17-18,21-23H,11-16H2,1-5H3,(H,28,32)(H,29,34)(H,30,36)/t21-,22-,23?/m0/s1. The lowest BCUT2D eigenvalue weighted by molar-refractivity contribution is -0.136. The first-order chi connectivity index (χ1) is 17.5. The fourth-order valence-corrected chi connectivity index (χ4v) is 4.23. The van der Waals surface area contributed by atoms with Crippen molar-refractivity contribution in [1.82, 2.24) is 20.9 Å². The van der Waals surface area contributed by atoms with Gasteiger partial charge < -0.3 is 25.6 Å². The van der Waals surface area contributed by atoms with Crippen LogP contribution in [0.1, 0.15) is 53.0 Å². The minimum absolute atomic E-state index is 0.0466. The maximum Gasteiger partial charge on any atom is 0.408 e. The first-order valence-electron chi connectivity index (χ1n) is 12.8. The van der Waals surface area contributed by atoms with Crippen LogP contribution in [0.25, 0.3) is 0 Å². The molecule has 1 heterocycles. The summed E-state index contributed by atoms with van der Waals surface area (Å²) in [5.74, 6) is -1.38.